The lowest BCUT2D eigenvalue weighted by Gasteiger charge is -2.21. The van der Waals surface area contributed by atoms with Gasteiger partial charge in [-0.2, -0.15) is 0 Å². The van der Waals surface area contributed by atoms with Crippen LogP contribution in [0.15, 0.2) is 18.2 Å². The Morgan fingerprint density at radius 1 is 1.00 bits per heavy atom. The number of carbonyl (C=O) groups excluding carboxylic acids is 2. The van der Waals surface area contributed by atoms with Crippen LogP contribution in [0, 0.1) is 12.3 Å². The molecule has 1 aromatic carbocycles. The van der Waals surface area contributed by atoms with E-state index in [2.05, 4.69) is 10.6 Å². The van der Waals surface area contributed by atoms with Gasteiger partial charge in [-0.25, -0.2) is 0 Å². The van der Waals surface area contributed by atoms with Gasteiger partial charge in [-0.1, -0.05) is 26.8 Å². The smallest absolute Gasteiger partial charge is 0.243 e. The SMILES string of the molecule is Cc1ccc(NC(=O)C(C)(C)N)cc1NC(=O)C(C)(C)C. The molecule has 0 aliphatic heterocycles. The molecule has 0 aliphatic rings. The number of amides is 2. The van der Waals surface area contributed by atoms with Gasteiger partial charge in [0.25, 0.3) is 0 Å². The van der Waals surface area contributed by atoms with Gasteiger partial charge in [-0.05, 0) is 38.5 Å². The zero-order chi connectivity index (χ0) is 16.4. The standard InChI is InChI=1S/C16H25N3O2/c1-10-7-8-11(18-14(21)16(5,6)17)9-12(10)19-13(20)15(2,3)4/h7-9H,17H2,1-6H3,(H,18,21)(H,19,20). The normalized spacial score (nSPS) is 12.0. The minimum absolute atomic E-state index is 0.0757. The zero-order valence-corrected chi connectivity index (χ0v) is 13.6. The fourth-order valence-corrected chi connectivity index (χ4v) is 1.44. The summed E-state index contributed by atoms with van der Waals surface area (Å²) in [4.78, 5) is 23.9. The Labute approximate surface area is 126 Å². The molecule has 0 saturated heterocycles. The average Bonchev–Trinajstić information content (AvgIpc) is 2.30. The van der Waals surface area contributed by atoms with E-state index in [-0.39, 0.29) is 11.8 Å². The van der Waals surface area contributed by atoms with Crippen molar-refractivity contribution in [3.8, 4) is 0 Å². The van der Waals surface area contributed by atoms with Gasteiger partial charge in [-0.3, -0.25) is 9.59 Å². The van der Waals surface area contributed by atoms with E-state index in [4.69, 9.17) is 5.73 Å². The first-order valence-corrected chi connectivity index (χ1v) is 6.93. The van der Waals surface area contributed by atoms with Crippen LogP contribution in [0.5, 0.6) is 0 Å². The molecule has 5 nitrogen and oxygen atoms in total. The molecule has 0 atom stereocenters. The van der Waals surface area contributed by atoms with E-state index in [1.165, 1.54) is 0 Å². The molecule has 0 bridgehead atoms. The maximum Gasteiger partial charge on any atom is 0.243 e. The Bertz CT molecular complexity index is 552. The second-order valence-electron chi connectivity index (χ2n) is 6.91. The summed E-state index contributed by atoms with van der Waals surface area (Å²) in [7, 11) is 0. The number of nitrogens with two attached hydrogens (primary N) is 1. The van der Waals surface area contributed by atoms with E-state index < -0.39 is 11.0 Å². The molecule has 1 aromatic rings. The molecule has 116 valence electrons. The molecule has 0 radical (unpaired) electrons. The summed E-state index contributed by atoms with van der Waals surface area (Å²) >= 11 is 0. The van der Waals surface area contributed by atoms with E-state index in [1.807, 2.05) is 33.8 Å². The van der Waals surface area contributed by atoms with Gasteiger partial charge in [0.05, 0.1) is 5.54 Å². The quantitative estimate of drug-likeness (QED) is 0.800. The molecule has 0 aliphatic carbocycles. The molecular formula is C16H25N3O2. The van der Waals surface area contributed by atoms with Gasteiger partial charge in [0, 0.05) is 16.8 Å². The minimum Gasteiger partial charge on any atom is -0.325 e. The number of nitrogens with one attached hydrogen (secondary N) is 2. The van der Waals surface area contributed by atoms with Crippen LogP contribution in [-0.2, 0) is 9.59 Å². The summed E-state index contributed by atoms with van der Waals surface area (Å²) in [5, 5.41) is 5.63. The summed E-state index contributed by atoms with van der Waals surface area (Å²) in [5.74, 6) is -0.354. The van der Waals surface area contributed by atoms with Crippen molar-refractivity contribution in [3.05, 3.63) is 23.8 Å². The summed E-state index contributed by atoms with van der Waals surface area (Å²) in [6, 6.07) is 5.37. The van der Waals surface area contributed by atoms with Gasteiger partial charge in [0.15, 0.2) is 0 Å². The van der Waals surface area contributed by atoms with Crippen molar-refractivity contribution < 1.29 is 9.59 Å². The molecule has 0 fully saturated rings. The molecule has 2 amide bonds. The molecular weight excluding hydrogens is 266 g/mol. The average molecular weight is 291 g/mol. The molecule has 0 aromatic heterocycles. The summed E-state index contributed by atoms with van der Waals surface area (Å²) in [6.07, 6.45) is 0. The Hall–Kier alpha value is -1.88. The Kier molecular flexibility index (Phi) is 4.79. The molecule has 0 heterocycles. The van der Waals surface area contributed by atoms with E-state index in [9.17, 15) is 9.59 Å². The number of carbonyl (C=O) groups is 2. The monoisotopic (exact) mass is 291 g/mol. The van der Waals surface area contributed by atoms with Crippen molar-refractivity contribution in [2.45, 2.75) is 47.1 Å². The molecule has 21 heavy (non-hydrogen) atoms. The van der Waals surface area contributed by atoms with Crippen molar-refractivity contribution in [2.75, 3.05) is 10.6 Å². The number of hydrogen-bond acceptors (Lipinski definition) is 3. The maximum absolute atomic E-state index is 12.1. The topological polar surface area (TPSA) is 84.2 Å². The van der Waals surface area contributed by atoms with Gasteiger partial charge >= 0.3 is 0 Å². The van der Waals surface area contributed by atoms with Gasteiger partial charge in [-0.15, -0.1) is 0 Å². The van der Waals surface area contributed by atoms with Crippen LogP contribution < -0.4 is 16.4 Å². The molecule has 1 rings (SSSR count). The minimum atomic E-state index is -0.959. The molecule has 0 saturated carbocycles. The van der Waals surface area contributed by atoms with E-state index >= 15 is 0 Å². The Morgan fingerprint density at radius 3 is 2.05 bits per heavy atom. The molecule has 4 N–H and O–H groups in total. The predicted molar refractivity (Wildman–Crippen MR) is 86.2 cm³/mol. The number of rotatable bonds is 3. The predicted octanol–water partition coefficient (Wildman–Crippen LogP) is 2.66. The lowest BCUT2D eigenvalue weighted by Crippen LogP contribution is -2.45. The highest BCUT2D eigenvalue weighted by Gasteiger charge is 2.23. The highest BCUT2D eigenvalue weighted by atomic mass is 16.2. The highest BCUT2D eigenvalue weighted by Crippen LogP contribution is 2.24. The van der Waals surface area contributed by atoms with Crippen LogP contribution in [0.3, 0.4) is 0 Å². The first-order chi connectivity index (χ1) is 9.41. The van der Waals surface area contributed by atoms with Crippen molar-refractivity contribution >= 4 is 23.2 Å². The van der Waals surface area contributed by atoms with Crippen LogP contribution >= 0.6 is 0 Å². The number of aryl methyl sites for hydroxylation is 1. The first-order valence-electron chi connectivity index (χ1n) is 6.93. The van der Waals surface area contributed by atoms with E-state index in [0.29, 0.717) is 11.4 Å². The van der Waals surface area contributed by atoms with E-state index in [0.717, 1.165) is 5.56 Å². The lowest BCUT2D eigenvalue weighted by atomic mass is 9.95. The summed E-state index contributed by atoms with van der Waals surface area (Å²) < 4.78 is 0. The highest BCUT2D eigenvalue weighted by molar-refractivity contribution is 5.99. The molecule has 0 spiro atoms. The van der Waals surface area contributed by atoms with Crippen molar-refractivity contribution in [3.63, 3.8) is 0 Å². The number of benzene rings is 1. The van der Waals surface area contributed by atoms with Gasteiger partial charge < -0.3 is 16.4 Å². The largest absolute Gasteiger partial charge is 0.325 e. The van der Waals surface area contributed by atoms with E-state index in [1.54, 1.807) is 26.0 Å². The van der Waals surface area contributed by atoms with Crippen LogP contribution in [0.2, 0.25) is 0 Å². The van der Waals surface area contributed by atoms with Crippen LogP contribution in [0.25, 0.3) is 0 Å². The van der Waals surface area contributed by atoms with Crippen molar-refractivity contribution in [1.82, 2.24) is 0 Å². The van der Waals surface area contributed by atoms with Crippen LogP contribution in [0.4, 0.5) is 11.4 Å². The molecule has 5 heteroatoms. The zero-order valence-electron chi connectivity index (χ0n) is 13.6. The second-order valence-corrected chi connectivity index (χ2v) is 6.91. The third-order valence-corrected chi connectivity index (χ3v) is 3.01. The van der Waals surface area contributed by atoms with Gasteiger partial charge in [0.2, 0.25) is 11.8 Å². The lowest BCUT2D eigenvalue weighted by molar-refractivity contribution is -0.123. The second kappa shape index (κ2) is 5.85. The van der Waals surface area contributed by atoms with Crippen LogP contribution in [0.1, 0.15) is 40.2 Å². The van der Waals surface area contributed by atoms with Crippen LogP contribution in [-0.4, -0.2) is 17.4 Å². The van der Waals surface area contributed by atoms with Gasteiger partial charge in [0.1, 0.15) is 0 Å². The Morgan fingerprint density at radius 2 is 1.57 bits per heavy atom. The Balaban J connectivity index is 2.96. The maximum atomic E-state index is 12.1. The third kappa shape index (κ3) is 4.86. The fourth-order valence-electron chi connectivity index (χ4n) is 1.44. The summed E-state index contributed by atoms with van der Waals surface area (Å²) in [6.45, 7) is 10.7. The number of hydrogen-bond donors (Lipinski definition) is 3. The first kappa shape index (κ1) is 17.2. The molecule has 0 unspecified atom stereocenters. The number of anilines is 2. The summed E-state index contributed by atoms with van der Waals surface area (Å²) in [5.41, 5.74) is 6.53. The fraction of sp³-hybridized carbons (Fsp3) is 0.500. The third-order valence-electron chi connectivity index (χ3n) is 3.01. The van der Waals surface area contributed by atoms with Crippen molar-refractivity contribution in [1.29, 1.82) is 0 Å². The van der Waals surface area contributed by atoms with Crippen molar-refractivity contribution in [2.24, 2.45) is 11.1 Å².